The number of carbonyl (C=O) groups is 1. The molecule has 0 bridgehead atoms. The molecule has 1 amide bonds. The minimum Gasteiger partial charge on any atom is -0.357 e. The summed E-state index contributed by atoms with van der Waals surface area (Å²) in [4.78, 5) is 29.9. The smallest absolute Gasteiger partial charge is 0.270 e. The predicted octanol–water partition coefficient (Wildman–Crippen LogP) is 3.02. The molecule has 28 heavy (non-hydrogen) atoms. The molecule has 3 rings (SSSR count). The molecule has 0 aliphatic carbocycles. The lowest BCUT2D eigenvalue weighted by Gasteiger charge is -2.25. The van der Waals surface area contributed by atoms with Crippen LogP contribution in [0.15, 0.2) is 9.70 Å². The van der Waals surface area contributed by atoms with E-state index in [1.54, 1.807) is 18.9 Å². The highest BCUT2D eigenvalue weighted by molar-refractivity contribution is 8.26. The van der Waals surface area contributed by atoms with Gasteiger partial charge in [0.05, 0.1) is 4.91 Å². The molecule has 8 heteroatoms. The van der Waals surface area contributed by atoms with Crippen LogP contribution in [0.25, 0.3) is 6.08 Å². The molecule has 2 fully saturated rings. The summed E-state index contributed by atoms with van der Waals surface area (Å²) in [5.41, 5.74) is 1.19. The van der Waals surface area contributed by atoms with E-state index in [4.69, 9.17) is 12.2 Å². The third-order valence-corrected chi connectivity index (χ3v) is 6.45. The highest BCUT2D eigenvalue weighted by Crippen LogP contribution is 2.36. The second-order valence-corrected chi connectivity index (χ2v) is 9.27. The van der Waals surface area contributed by atoms with Gasteiger partial charge in [0.2, 0.25) is 0 Å². The monoisotopic (exact) mass is 416 g/mol. The Kier molecular flexibility index (Phi) is 5.96. The van der Waals surface area contributed by atoms with E-state index in [1.165, 1.54) is 16.3 Å². The summed E-state index contributed by atoms with van der Waals surface area (Å²) in [5.74, 6) is 0.974. The number of anilines is 1. The summed E-state index contributed by atoms with van der Waals surface area (Å²) < 4.78 is 2.09. The van der Waals surface area contributed by atoms with Gasteiger partial charge in [0, 0.05) is 32.2 Å². The van der Waals surface area contributed by atoms with E-state index in [-0.39, 0.29) is 17.0 Å². The number of nitrogens with zero attached hydrogens (tertiary/aromatic N) is 4. The Balaban J connectivity index is 2.16. The van der Waals surface area contributed by atoms with Crippen molar-refractivity contribution in [3.05, 3.63) is 31.9 Å². The highest BCUT2D eigenvalue weighted by Gasteiger charge is 2.33. The molecular weight excluding hydrogens is 392 g/mol. The first-order valence-corrected chi connectivity index (χ1v) is 10.6. The van der Waals surface area contributed by atoms with Crippen molar-refractivity contribution in [3.63, 3.8) is 0 Å². The molecular formula is C20H24N4O2S2. The zero-order chi connectivity index (χ0) is 20.6. The summed E-state index contributed by atoms with van der Waals surface area (Å²) in [6.07, 6.45) is 3.93. The fourth-order valence-corrected chi connectivity index (χ4v) is 4.93. The maximum absolute atomic E-state index is 12.9. The highest BCUT2D eigenvalue weighted by atomic mass is 32.2. The van der Waals surface area contributed by atoms with Crippen LogP contribution in [0.5, 0.6) is 0 Å². The Labute approximate surface area is 174 Å². The van der Waals surface area contributed by atoms with Gasteiger partial charge in [0.15, 0.2) is 0 Å². The summed E-state index contributed by atoms with van der Waals surface area (Å²) >= 11 is 6.69. The number of thioether (sulfide) groups is 1. The summed E-state index contributed by atoms with van der Waals surface area (Å²) in [6, 6.07) is 2.03. The Morgan fingerprint density at radius 3 is 2.50 bits per heavy atom. The topological polar surface area (TPSA) is 69.3 Å². The summed E-state index contributed by atoms with van der Waals surface area (Å²) in [5, 5.41) is 9.50. The first-order valence-electron chi connectivity index (χ1n) is 9.40. The molecule has 0 saturated carbocycles. The molecule has 0 aromatic carbocycles. The van der Waals surface area contributed by atoms with Gasteiger partial charge in [0.25, 0.3) is 11.5 Å². The largest absolute Gasteiger partial charge is 0.357 e. The molecule has 0 spiro atoms. The second kappa shape index (κ2) is 8.10. The first-order chi connectivity index (χ1) is 13.3. The van der Waals surface area contributed by atoms with Gasteiger partial charge >= 0.3 is 0 Å². The number of amides is 1. The van der Waals surface area contributed by atoms with Gasteiger partial charge in [-0.1, -0.05) is 37.8 Å². The number of carbonyl (C=O) groups excluding carboxylic acids is 1. The van der Waals surface area contributed by atoms with Crippen molar-refractivity contribution in [2.24, 2.45) is 13.0 Å². The molecule has 0 atom stereocenters. The van der Waals surface area contributed by atoms with Crippen molar-refractivity contribution in [1.29, 1.82) is 5.26 Å². The van der Waals surface area contributed by atoms with Gasteiger partial charge in [-0.15, -0.1) is 0 Å². The molecule has 0 N–H and O–H groups in total. The van der Waals surface area contributed by atoms with Gasteiger partial charge in [-0.2, -0.15) is 5.26 Å². The molecule has 1 aromatic rings. The van der Waals surface area contributed by atoms with Crippen LogP contribution in [-0.4, -0.2) is 39.3 Å². The average Bonchev–Trinajstić information content (AvgIpc) is 3.25. The third-order valence-electron chi connectivity index (χ3n) is 5.07. The van der Waals surface area contributed by atoms with Crippen molar-refractivity contribution in [1.82, 2.24) is 9.47 Å². The molecule has 6 nitrogen and oxygen atoms in total. The third kappa shape index (κ3) is 3.61. The normalized spacial score (nSPS) is 18.6. The molecule has 148 valence electrons. The van der Waals surface area contributed by atoms with Crippen LogP contribution in [0.2, 0.25) is 0 Å². The van der Waals surface area contributed by atoms with E-state index in [0.717, 1.165) is 37.3 Å². The van der Waals surface area contributed by atoms with Gasteiger partial charge in [-0.25, -0.2) is 0 Å². The molecule has 2 aliphatic rings. The maximum Gasteiger partial charge on any atom is 0.270 e. The van der Waals surface area contributed by atoms with Crippen molar-refractivity contribution in [2.45, 2.75) is 33.6 Å². The fraction of sp³-hybridized carbons (Fsp3) is 0.500. The minimum atomic E-state index is -0.300. The molecule has 2 aliphatic heterocycles. The quantitative estimate of drug-likeness (QED) is 0.555. The van der Waals surface area contributed by atoms with Crippen molar-refractivity contribution in [3.8, 4) is 6.07 Å². The Hall–Kier alpha value is -2.11. The van der Waals surface area contributed by atoms with Crippen molar-refractivity contribution in [2.75, 3.05) is 24.5 Å². The number of nitriles is 1. The number of thiocarbonyl (C=S) groups is 1. The van der Waals surface area contributed by atoms with E-state index < -0.39 is 0 Å². The lowest BCUT2D eigenvalue weighted by atomic mass is 10.0. The van der Waals surface area contributed by atoms with Crippen LogP contribution in [0.3, 0.4) is 0 Å². The standard InChI is InChI=1S/C20H24N4O2S2/c1-12(2)11-24-19(26)16(28-20(24)27)9-14-13(3)15(10-21)18(25)22(4)17(14)23-7-5-6-8-23/h9,12H,5-8,11H2,1-4H3/b16-9+. The Morgan fingerprint density at radius 1 is 1.29 bits per heavy atom. The van der Waals surface area contributed by atoms with Gasteiger partial charge in [0.1, 0.15) is 21.8 Å². The zero-order valence-corrected chi connectivity index (χ0v) is 18.2. The lowest BCUT2D eigenvalue weighted by molar-refractivity contribution is -0.122. The fourth-order valence-electron chi connectivity index (χ4n) is 3.68. The second-order valence-electron chi connectivity index (χ2n) is 7.59. The number of rotatable bonds is 4. The van der Waals surface area contributed by atoms with E-state index in [0.29, 0.717) is 27.3 Å². The summed E-state index contributed by atoms with van der Waals surface area (Å²) in [6.45, 7) is 8.16. The van der Waals surface area contributed by atoms with Crippen LogP contribution in [-0.2, 0) is 11.8 Å². The Bertz CT molecular complexity index is 966. The van der Waals surface area contributed by atoms with E-state index in [1.807, 2.05) is 26.0 Å². The van der Waals surface area contributed by atoms with Crippen molar-refractivity contribution < 1.29 is 4.79 Å². The Morgan fingerprint density at radius 2 is 1.93 bits per heavy atom. The van der Waals surface area contributed by atoms with Crippen LogP contribution >= 0.6 is 24.0 Å². The van der Waals surface area contributed by atoms with Gasteiger partial charge in [-0.3, -0.25) is 19.1 Å². The van der Waals surface area contributed by atoms with Gasteiger partial charge < -0.3 is 4.90 Å². The molecule has 1 aromatic heterocycles. The lowest BCUT2D eigenvalue weighted by Crippen LogP contribution is -2.32. The predicted molar refractivity (Wildman–Crippen MR) is 117 cm³/mol. The van der Waals surface area contributed by atoms with E-state index in [9.17, 15) is 14.9 Å². The van der Waals surface area contributed by atoms with Crippen LogP contribution < -0.4 is 10.5 Å². The first kappa shape index (κ1) is 20.6. The number of hydrogen-bond donors (Lipinski definition) is 0. The zero-order valence-electron chi connectivity index (χ0n) is 16.6. The molecule has 3 heterocycles. The SMILES string of the molecule is Cc1c(/C=C2/SC(=S)N(CC(C)C)C2=O)c(N2CCCC2)n(C)c(=O)c1C#N. The molecule has 0 unspecified atom stereocenters. The number of hydrogen-bond acceptors (Lipinski definition) is 6. The number of pyridine rings is 1. The molecule has 2 saturated heterocycles. The average molecular weight is 417 g/mol. The maximum atomic E-state index is 12.9. The minimum absolute atomic E-state index is 0.108. The van der Waals surface area contributed by atoms with E-state index in [2.05, 4.69) is 4.90 Å². The van der Waals surface area contributed by atoms with Crippen LogP contribution in [0, 0.1) is 24.2 Å². The van der Waals surface area contributed by atoms with E-state index >= 15 is 0 Å². The summed E-state index contributed by atoms with van der Waals surface area (Å²) in [7, 11) is 1.69. The number of aromatic nitrogens is 1. The van der Waals surface area contributed by atoms with Crippen LogP contribution in [0.1, 0.15) is 43.4 Å². The van der Waals surface area contributed by atoms with Crippen molar-refractivity contribution >= 4 is 46.1 Å². The van der Waals surface area contributed by atoms with Crippen LogP contribution in [0.4, 0.5) is 5.82 Å². The molecule has 0 radical (unpaired) electrons. The van der Waals surface area contributed by atoms with Gasteiger partial charge in [-0.05, 0) is 37.3 Å².